The molecule has 1 aromatic heterocycles. The van der Waals surface area contributed by atoms with Gasteiger partial charge in [-0.25, -0.2) is 0 Å². The zero-order valence-electron chi connectivity index (χ0n) is 17.6. The van der Waals surface area contributed by atoms with Gasteiger partial charge >= 0.3 is 0 Å². The Labute approximate surface area is 192 Å². The van der Waals surface area contributed by atoms with E-state index in [1.165, 1.54) is 10.8 Å². The third-order valence-corrected chi connectivity index (χ3v) is 10.6. The van der Waals surface area contributed by atoms with Crippen LogP contribution in [0, 0.1) is 13.8 Å². The third kappa shape index (κ3) is 4.46. The maximum absolute atomic E-state index is 12.1. The average Bonchev–Trinajstić information content (AvgIpc) is 3.03. The van der Waals surface area contributed by atoms with Gasteiger partial charge in [-0.05, 0) is 43.0 Å². The molecular weight excluding hydrogens is 523 g/mol. The number of halogens is 1. The number of rotatable bonds is 7. The van der Waals surface area contributed by atoms with Crippen molar-refractivity contribution in [3.05, 3.63) is 83.7 Å². The molecule has 3 aromatic carbocycles. The smallest absolute Gasteiger partial charge is 0.246 e. The number of hydrogen-bond donors (Lipinski definition) is 3. The molecule has 0 aliphatic rings. The van der Waals surface area contributed by atoms with Gasteiger partial charge < -0.3 is 14.6 Å². The summed E-state index contributed by atoms with van der Waals surface area (Å²) in [5.74, 6) is 0. The summed E-state index contributed by atoms with van der Waals surface area (Å²) in [6, 6.07) is 22.2. The second-order valence-corrected chi connectivity index (χ2v) is 14.1. The fraction of sp³-hybridized carbons (Fsp3) is 0.174. The summed E-state index contributed by atoms with van der Waals surface area (Å²) >= 11 is -1.71. The van der Waals surface area contributed by atoms with Gasteiger partial charge in [0.15, 0.2) is 0 Å². The zero-order valence-corrected chi connectivity index (χ0v) is 20.6. The highest BCUT2D eigenvalue weighted by molar-refractivity contribution is 14.2. The topological polar surface area (TPSA) is 79.2 Å². The first-order valence-electron chi connectivity index (χ1n) is 9.84. The van der Waals surface area contributed by atoms with Crippen molar-refractivity contribution in [2.75, 3.05) is 10.0 Å². The van der Waals surface area contributed by atoms with Crippen molar-refractivity contribution in [3.8, 4) is 0 Å². The third-order valence-electron chi connectivity index (χ3n) is 5.35. The van der Waals surface area contributed by atoms with Crippen molar-refractivity contribution in [3.63, 3.8) is 0 Å². The number of fused-ring (bicyclic) bond motifs is 1. The van der Waals surface area contributed by atoms with Gasteiger partial charge in [0.2, 0.25) is 19.8 Å². The van der Waals surface area contributed by atoms with Crippen molar-refractivity contribution < 1.29 is 7.62 Å². The molecule has 1 heterocycles. The van der Waals surface area contributed by atoms with Gasteiger partial charge in [-0.3, -0.25) is 7.75 Å². The maximum Gasteiger partial charge on any atom is 0.246 e. The van der Waals surface area contributed by atoms with Crippen LogP contribution in [0.25, 0.3) is 10.8 Å². The number of benzene rings is 3. The largest absolute Gasteiger partial charge is 0.380 e. The molecule has 0 radical (unpaired) electrons. The van der Waals surface area contributed by atoms with Crippen LogP contribution in [-0.2, 0) is 16.7 Å². The highest BCUT2D eigenvalue weighted by Gasteiger charge is 2.27. The molecule has 0 saturated carbocycles. The van der Waals surface area contributed by atoms with Gasteiger partial charge in [0.25, 0.3) is 0 Å². The van der Waals surface area contributed by atoms with E-state index in [-0.39, 0.29) is 0 Å². The molecule has 0 spiro atoms. The van der Waals surface area contributed by atoms with E-state index in [1.54, 1.807) is 4.68 Å². The summed E-state index contributed by atoms with van der Waals surface area (Å²) in [6.07, 6.45) is 0. The van der Waals surface area contributed by atoms with Crippen molar-refractivity contribution in [2.45, 2.75) is 25.3 Å². The molecule has 1 unspecified atom stereocenters. The Bertz CT molecular complexity index is 1240. The first-order valence-corrected chi connectivity index (χ1v) is 14.9. The average molecular weight is 548 g/mol. The summed E-state index contributed by atoms with van der Waals surface area (Å²) in [6.45, 7) is 4.45. The van der Waals surface area contributed by atoms with Crippen LogP contribution in [0.4, 0.5) is 11.4 Å². The molecular formula is C23H25IN4O2S. The zero-order chi connectivity index (χ0) is 22.0. The first kappa shape index (κ1) is 21.8. The molecule has 8 heteroatoms. The lowest BCUT2D eigenvalue weighted by Crippen LogP contribution is -2.07. The number of anilines is 2. The molecule has 0 aliphatic heterocycles. The molecule has 0 amide bonds. The number of hydrogen-bond acceptors (Lipinski definition) is 5. The molecule has 4 aromatic rings. The van der Waals surface area contributed by atoms with Gasteiger partial charge in [-0.2, -0.15) is 5.10 Å². The Hall–Kier alpha value is -2.43. The van der Waals surface area contributed by atoms with Crippen LogP contribution in [0.3, 0.4) is 0 Å². The van der Waals surface area contributed by atoms with Crippen molar-refractivity contribution in [2.24, 2.45) is 7.05 Å². The van der Waals surface area contributed by atoms with E-state index in [2.05, 4.69) is 39.4 Å². The van der Waals surface area contributed by atoms with Crippen LogP contribution in [0.15, 0.2) is 71.6 Å². The summed E-state index contributed by atoms with van der Waals surface area (Å²) in [7, 11) is -0.769. The van der Waals surface area contributed by atoms with Crippen molar-refractivity contribution >= 4 is 49.6 Å². The highest BCUT2D eigenvalue weighted by Crippen LogP contribution is 2.62. The summed E-state index contributed by atoms with van der Waals surface area (Å²) < 4.78 is 28.2. The molecule has 1 atom stereocenters. The van der Waals surface area contributed by atoms with E-state index >= 15 is 0 Å². The second kappa shape index (κ2) is 8.97. The number of aromatic nitrogens is 2. The van der Waals surface area contributed by atoms with Gasteiger partial charge in [-0.15, -0.1) is 0 Å². The van der Waals surface area contributed by atoms with E-state index < -0.39 is 27.5 Å². The minimum atomic E-state index is -2.62. The molecule has 0 bridgehead atoms. The summed E-state index contributed by atoms with van der Waals surface area (Å²) in [5.41, 5.74) is 4.59. The molecule has 0 fully saturated rings. The van der Waals surface area contributed by atoms with Crippen LogP contribution in [0.5, 0.6) is 0 Å². The van der Waals surface area contributed by atoms with Crippen LogP contribution in [0.2, 0.25) is 0 Å². The number of aryl methyl sites for hydroxylation is 2. The van der Waals surface area contributed by atoms with E-state index in [9.17, 15) is 7.62 Å². The second-order valence-electron chi connectivity index (χ2n) is 7.37. The van der Waals surface area contributed by atoms with E-state index in [0.717, 1.165) is 28.3 Å². The molecule has 0 aliphatic carbocycles. The standard InChI is InChI=1S/C23H25IN4O2S/c1-16-23(17(2)28(3)26-16)27-31(30,24-29)20-13-11-18(12-14-20)15-25-22-10-6-8-19-7-4-5-9-21(19)22/h4-14,25,27,30H,15H2,1-3H3. The van der Waals surface area contributed by atoms with Gasteiger partial charge in [0.1, 0.15) is 0 Å². The highest BCUT2D eigenvalue weighted by atomic mass is 127. The minimum Gasteiger partial charge on any atom is -0.380 e. The normalized spacial score (nSPS) is 14.2. The Morgan fingerprint density at radius 1 is 1.03 bits per heavy atom. The fourth-order valence-electron chi connectivity index (χ4n) is 3.53. The van der Waals surface area contributed by atoms with Crippen molar-refractivity contribution in [1.82, 2.24) is 9.78 Å². The van der Waals surface area contributed by atoms with E-state index in [0.29, 0.717) is 11.4 Å². The lowest BCUT2D eigenvalue weighted by molar-refractivity contribution is 0.639. The molecule has 4 rings (SSSR count). The fourth-order valence-corrected chi connectivity index (χ4v) is 7.25. The quantitative estimate of drug-likeness (QED) is 0.224. The van der Waals surface area contributed by atoms with E-state index in [4.69, 9.17) is 0 Å². The lowest BCUT2D eigenvalue weighted by Gasteiger charge is -2.28. The summed E-state index contributed by atoms with van der Waals surface area (Å²) in [4.78, 5) is 0.659. The molecule has 0 saturated heterocycles. The van der Waals surface area contributed by atoms with E-state index in [1.807, 2.05) is 63.4 Å². The maximum atomic E-state index is 12.1. The molecule has 31 heavy (non-hydrogen) atoms. The van der Waals surface area contributed by atoms with Crippen LogP contribution >= 0.6 is 27.5 Å². The predicted molar refractivity (Wildman–Crippen MR) is 137 cm³/mol. The first-order chi connectivity index (χ1) is 14.9. The van der Waals surface area contributed by atoms with Gasteiger partial charge in [0.05, 0.1) is 24.7 Å². The molecule has 6 nitrogen and oxygen atoms in total. The Kier molecular flexibility index (Phi) is 6.31. The minimum absolute atomic E-state index is 0.655. The molecule has 162 valence electrons. The van der Waals surface area contributed by atoms with Gasteiger partial charge in [0, 0.05) is 29.6 Å². The van der Waals surface area contributed by atoms with Crippen LogP contribution in [-0.4, -0.2) is 14.3 Å². The lowest BCUT2D eigenvalue weighted by atomic mass is 10.1. The van der Waals surface area contributed by atoms with Crippen molar-refractivity contribution in [1.29, 1.82) is 0 Å². The Balaban J connectivity index is 1.52. The van der Waals surface area contributed by atoms with Crippen LogP contribution < -0.4 is 10.0 Å². The monoisotopic (exact) mass is 548 g/mol. The Morgan fingerprint density at radius 2 is 1.74 bits per heavy atom. The number of nitrogens with one attached hydrogen (secondary N) is 2. The Morgan fingerprint density at radius 3 is 2.42 bits per heavy atom. The SMILES string of the molecule is Cc1nn(C)c(C)c1NS(O)(I=O)c1ccc(CNc2cccc3ccccc23)cc1. The van der Waals surface area contributed by atoms with Crippen LogP contribution in [0.1, 0.15) is 17.0 Å². The summed E-state index contributed by atoms with van der Waals surface area (Å²) in [5, 5.41) is 10.2. The van der Waals surface area contributed by atoms with Gasteiger partial charge in [-0.1, -0.05) is 48.5 Å². The molecule has 3 N–H and O–H groups in total. The predicted octanol–water partition coefficient (Wildman–Crippen LogP) is 6.70. The number of nitrogens with zero attached hydrogens (tertiary/aromatic N) is 2.